The monoisotopic (exact) mass is 467 g/mol. The standard InChI is InChI=1S/C19H27N7O5.C2H6.2H2/c1-14-23-25-19(26-24-14)16-4-2-15(3-5-16)12-22-17(27)6-8-29-10-11-30-9-7-21-18(28)13-31-20;1-2;;/h2-5H,6-13,20H2,1H3,(H,21,28)(H,22,27);1-2H3;2*1H. The second-order valence-corrected chi connectivity index (χ2v) is 6.38. The predicted octanol–water partition coefficient (Wildman–Crippen LogP) is 0.806. The number of ether oxygens (including phenoxy) is 2. The van der Waals surface area contributed by atoms with Gasteiger partial charge in [-0.15, -0.1) is 20.4 Å². The molecule has 0 bridgehead atoms. The number of nitrogens with one attached hydrogen (secondary N) is 2. The number of aryl methyl sites for hydroxylation is 1. The van der Waals surface area contributed by atoms with Crippen LogP contribution >= 0.6 is 0 Å². The molecular weight excluding hydrogens is 430 g/mol. The minimum absolute atomic E-state index is 0. The van der Waals surface area contributed by atoms with Crippen molar-refractivity contribution in [1.82, 2.24) is 31.0 Å². The molecule has 1 heterocycles. The first-order valence-corrected chi connectivity index (χ1v) is 10.7. The molecule has 0 aliphatic heterocycles. The number of carbonyl (C=O) groups is 2. The Bertz CT molecular complexity index is 815. The molecule has 1 aromatic heterocycles. The zero-order valence-electron chi connectivity index (χ0n) is 19.4. The normalized spacial score (nSPS) is 10.2. The van der Waals surface area contributed by atoms with Crippen LogP contribution in [0.4, 0.5) is 0 Å². The zero-order chi connectivity index (χ0) is 24.3. The molecule has 0 fully saturated rings. The van der Waals surface area contributed by atoms with Crippen molar-refractivity contribution in [3.63, 3.8) is 0 Å². The van der Waals surface area contributed by atoms with E-state index in [0.717, 1.165) is 11.1 Å². The molecule has 0 spiro atoms. The van der Waals surface area contributed by atoms with E-state index in [1.54, 1.807) is 6.92 Å². The number of rotatable bonds is 14. The highest BCUT2D eigenvalue weighted by Gasteiger charge is 2.05. The lowest BCUT2D eigenvalue weighted by atomic mass is 10.1. The van der Waals surface area contributed by atoms with E-state index in [0.29, 0.717) is 51.2 Å². The number of nitrogens with zero attached hydrogens (tertiary/aromatic N) is 4. The summed E-state index contributed by atoms with van der Waals surface area (Å²) < 4.78 is 10.7. The lowest BCUT2D eigenvalue weighted by Gasteiger charge is -2.08. The van der Waals surface area contributed by atoms with Crippen LogP contribution in [0.25, 0.3) is 11.4 Å². The molecule has 0 radical (unpaired) electrons. The van der Waals surface area contributed by atoms with Gasteiger partial charge in [0.05, 0.1) is 26.4 Å². The molecule has 1 aromatic carbocycles. The van der Waals surface area contributed by atoms with Crippen LogP contribution in [0.5, 0.6) is 0 Å². The average molecular weight is 468 g/mol. The van der Waals surface area contributed by atoms with Gasteiger partial charge in [-0.25, -0.2) is 5.90 Å². The Kier molecular flexibility index (Phi) is 14.8. The van der Waals surface area contributed by atoms with Crippen molar-refractivity contribution in [2.75, 3.05) is 39.6 Å². The molecule has 2 aromatic rings. The lowest BCUT2D eigenvalue weighted by molar-refractivity contribution is -0.126. The molecule has 0 aliphatic rings. The van der Waals surface area contributed by atoms with Gasteiger partial charge >= 0.3 is 0 Å². The van der Waals surface area contributed by atoms with Crippen LogP contribution < -0.4 is 16.5 Å². The molecule has 2 amide bonds. The molecule has 2 rings (SSSR count). The van der Waals surface area contributed by atoms with Crippen molar-refractivity contribution in [3.05, 3.63) is 35.7 Å². The number of hydrogen-bond donors (Lipinski definition) is 3. The number of carbonyl (C=O) groups excluding carboxylic acids is 2. The summed E-state index contributed by atoms with van der Waals surface area (Å²) in [5.74, 6) is 5.33. The van der Waals surface area contributed by atoms with Gasteiger partial charge in [0.1, 0.15) is 6.61 Å². The first kappa shape index (κ1) is 28.0. The van der Waals surface area contributed by atoms with Gasteiger partial charge in [0, 0.05) is 27.9 Å². The molecule has 0 saturated heterocycles. The SMILES string of the molecule is CC.Cc1nnc(-c2ccc(CNC(=O)CCOCCOCCNC(=O)CON)cc2)nn1.[HH].[HH]. The van der Waals surface area contributed by atoms with Gasteiger partial charge < -0.3 is 20.1 Å². The third-order valence-electron chi connectivity index (χ3n) is 3.91. The van der Waals surface area contributed by atoms with Crippen LogP contribution in [0.1, 0.15) is 34.5 Å². The summed E-state index contributed by atoms with van der Waals surface area (Å²) in [6.45, 7) is 7.68. The van der Waals surface area contributed by atoms with Crippen molar-refractivity contribution in [2.24, 2.45) is 5.90 Å². The van der Waals surface area contributed by atoms with Gasteiger partial charge in [-0.2, -0.15) is 0 Å². The summed E-state index contributed by atoms with van der Waals surface area (Å²) in [7, 11) is 0. The van der Waals surface area contributed by atoms with E-state index in [1.165, 1.54) is 0 Å². The first-order chi connectivity index (χ1) is 16.1. The van der Waals surface area contributed by atoms with Crippen molar-refractivity contribution >= 4 is 11.8 Å². The van der Waals surface area contributed by atoms with Crippen molar-refractivity contribution in [2.45, 2.75) is 33.7 Å². The van der Waals surface area contributed by atoms with Crippen molar-refractivity contribution in [1.29, 1.82) is 0 Å². The topological polar surface area (TPSA) is 163 Å². The number of amides is 2. The highest BCUT2D eigenvalue weighted by atomic mass is 16.6. The Hall–Kier alpha value is -3.06. The zero-order valence-corrected chi connectivity index (χ0v) is 19.4. The molecule has 4 N–H and O–H groups in total. The van der Waals surface area contributed by atoms with E-state index in [9.17, 15) is 9.59 Å². The van der Waals surface area contributed by atoms with E-state index in [2.05, 4.69) is 35.9 Å². The highest BCUT2D eigenvalue weighted by molar-refractivity contribution is 5.77. The molecule has 0 aliphatic carbocycles. The summed E-state index contributed by atoms with van der Waals surface area (Å²) in [5, 5.41) is 21.2. The Morgan fingerprint density at radius 3 is 2.18 bits per heavy atom. The Morgan fingerprint density at radius 2 is 1.55 bits per heavy atom. The largest absolute Gasteiger partial charge is 0.379 e. The summed E-state index contributed by atoms with van der Waals surface area (Å²) in [4.78, 5) is 27.2. The fraction of sp³-hybridized carbons (Fsp3) is 0.524. The van der Waals surface area contributed by atoms with Crippen LogP contribution in [0.15, 0.2) is 24.3 Å². The van der Waals surface area contributed by atoms with E-state index in [-0.39, 0.29) is 27.7 Å². The smallest absolute Gasteiger partial charge is 0.248 e. The molecule has 12 nitrogen and oxygen atoms in total. The highest BCUT2D eigenvalue weighted by Crippen LogP contribution is 2.13. The van der Waals surface area contributed by atoms with E-state index in [1.807, 2.05) is 38.1 Å². The van der Waals surface area contributed by atoms with Gasteiger partial charge in [0.2, 0.25) is 17.6 Å². The number of benzene rings is 1. The van der Waals surface area contributed by atoms with Crippen LogP contribution in [-0.2, 0) is 30.4 Å². The van der Waals surface area contributed by atoms with E-state index in [4.69, 9.17) is 15.4 Å². The molecule has 0 saturated carbocycles. The summed E-state index contributed by atoms with van der Waals surface area (Å²) in [5.41, 5.74) is 1.75. The van der Waals surface area contributed by atoms with Crippen LogP contribution in [0, 0.1) is 6.92 Å². The number of aromatic nitrogens is 4. The predicted molar refractivity (Wildman–Crippen MR) is 125 cm³/mol. The minimum Gasteiger partial charge on any atom is -0.379 e. The summed E-state index contributed by atoms with van der Waals surface area (Å²) in [6.07, 6.45) is 0.252. The van der Waals surface area contributed by atoms with E-state index >= 15 is 0 Å². The maximum Gasteiger partial charge on any atom is 0.248 e. The van der Waals surface area contributed by atoms with Gasteiger partial charge in [-0.3, -0.25) is 14.4 Å². The fourth-order valence-corrected chi connectivity index (χ4v) is 2.33. The van der Waals surface area contributed by atoms with Crippen LogP contribution in [0.2, 0.25) is 0 Å². The van der Waals surface area contributed by atoms with Crippen LogP contribution in [0.3, 0.4) is 0 Å². The van der Waals surface area contributed by atoms with Gasteiger partial charge in [0.25, 0.3) is 0 Å². The maximum atomic E-state index is 11.9. The molecule has 186 valence electrons. The molecule has 12 heteroatoms. The second kappa shape index (κ2) is 17.5. The number of nitrogens with two attached hydrogens (primary N) is 1. The second-order valence-electron chi connectivity index (χ2n) is 6.38. The average Bonchev–Trinajstić information content (AvgIpc) is 2.84. The van der Waals surface area contributed by atoms with E-state index < -0.39 is 0 Å². The van der Waals surface area contributed by atoms with Crippen molar-refractivity contribution < 1.29 is 26.8 Å². The third-order valence-corrected chi connectivity index (χ3v) is 3.91. The molecule has 0 atom stereocenters. The summed E-state index contributed by atoms with van der Waals surface area (Å²) in [6, 6.07) is 7.49. The van der Waals surface area contributed by atoms with Gasteiger partial charge in [-0.05, 0) is 12.5 Å². The quantitative estimate of drug-likeness (QED) is 0.267. The minimum atomic E-state index is -0.306. The lowest BCUT2D eigenvalue weighted by Crippen LogP contribution is -2.31. The first-order valence-electron chi connectivity index (χ1n) is 10.7. The Labute approximate surface area is 196 Å². The Balaban J connectivity index is 0. The fourth-order valence-electron chi connectivity index (χ4n) is 2.33. The number of hydrogen-bond acceptors (Lipinski definition) is 10. The van der Waals surface area contributed by atoms with Crippen molar-refractivity contribution in [3.8, 4) is 11.4 Å². The van der Waals surface area contributed by atoms with Crippen LogP contribution in [-0.4, -0.2) is 71.8 Å². The van der Waals surface area contributed by atoms with Gasteiger partial charge in [0.15, 0.2) is 5.82 Å². The maximum absolute atomic E-state index is 11.9. The molecular formula is C21H37N7O5. The Morgan fingerprint density at radius 1 is 0.909 bits per heavy atom. The molecule has 33 heavy (non-hydrogen) atoms. The molecule has 0 unspecified atom stereocenters. The third kappa shape index (κ3) is 12.5. The van der Waals surface area contributed by atoms with Gasteiger partial charge in [-0.1, -0.05) is 38.1 Å². The summed E-state index contributed by atoms with van der Waals surface area (Å²) >= 11 is 0.